The lowest BCUT2D eigenvalue weighted by Gasteiger charge is -2.37. The number of urea groups is 1. The van der Waals surface area contributed by atoms with Crippen LogP contribution >= 0.6 is 0 Å². The molecule has 1 atom stereocenters. The summed E-state index contributed by atoms with van der Waals surface area (Å²) in [5.41, 5.74) is 2.31. The highest BCUT2D eigenvalue weighted by Gasteiger charge is 2.36. The zero-order valence-corrected chi connectivity index (χ0v) is 16.9. The molecule has 1 aromatic carbocycles. The first-order valence-electron chi connectivity index (χ1n) is 10.8. The Morgan fingerprint density at radius 1 is 0.966 bits per heavy atom. The number of amides is 4. The Hall–Kier alpha value is -2.41. The van der Waals surface area contributed by atoms with Crippen molar-refractivity contribution in [1.82, 2.24) is 20.4 Å². The van der Waals surface area contributed by atoms with E-state index in [-0.39, 0.29) is 30.4 Å². The van der Waals surface area contributed by atoms with Crippen LogP contribution in [0, 0.1) is 0 Å². The topological polar surface area (TPSA) is 81.8 Å². The number of carbonyl (C=O) groups is 3. The molecule has 7 nitrogen and oxygen atoms in total. The van der Waals surface area contributed by atoms with Crippen molar-refractivity contribution >= 4 is 17.8 Å². The molecule has 0 aromatic heterocycles. The van der Waals surface area contributed by atoms with E-state index in [0.717, 1.165) is 57.2 Å². The molecule has 4 rings (SSSR count). The van der Waals surface area contributed by atoms with Crippen molar-refractivity contribution in [1.29, 1.82) is 0 Å². The van der Waals surface area contributed by atoms with Crippen LogP contribution in [-0.4, -0.2) is 59.4 Å². The van der Waals surface area contributed by atoms with E-state index in [0.29, 0.717) is 13.0 Å². The molecule has 4 amide bonds. The highest BCUT2D eigenvalue weighted by Crippen LogP contribution is 2.25. The number of likely N-dealkylation sites (tertiary alicyclic amines) is 1. The number of benzene rings is 1. The summed E-state index contributed by atoms with van der Waals surface area (Å²) in [7, 11) is 0. The van der Waals surface area contributed by atoms with Gasteiger partial charge in [-0.05, 0) is 43.2 Å². The van der Waals surface area contributed by atoms with E-state index in [2.05, 4.69) is 16.7 Å². The second-order valence-electron chi connectivity index (χ2n) is 8.43. The monoisotopic (exact) mass is 398 g/mol. The standard InChI is InChI=1S/C22H30N4O3/c27-20(24-22(29)23-18-9-3-4-10-18)15-26-14-17-8-2-1-7-16(17)13-19(26)21(28)25-11-5-6-12-25/h1-2,7-8,18-19H,3-6,9-15H2,(H2,23,24,27,29)/t19-/m0/s1. The van der Waals surface area contributed by atoms with Gasteiger partial charge >= 0.3 is 6.03 Å². The smallest absolute Gasteiger partial charge is 0.321 e. The molecule has 29 heavy (non-hydrogen) atoms. The summed E-state index contributed by atoms with van der Waals surface area (Å²) in [4.78, 5) is 41.7. The molecule has 2 N–H and O–H groups in total. The fourth-order valence-corrected chi connectivity index (χ4v) is 4.78. The zero-order chi connectivity index (χ0) is 20.2. The van der Waals surface area contributed by atoms with E-state index in [1.807, 2.05) is 28.0 Å². The van der Waals surface area contributed by atoms with Gasteiger partial charge in [0.05, 0.1) is 12.6 Å². The van der Waals surface area contributed by atoms with Crippen LogP contribution in [0.2, 0.25) is 0 Å². The van der Waals surface area contributed by atoms with Crippen molar-refractivity contribution in [2.75, 3.05) is 19.6 Å². The van der Waals surface area contributed by atoms with E-state index >= 15 is 0 Å². The summed E-state index contributed by atoms with van der Waals surface area (Å²) in [6.45, 7) is 2.16. The lowest BCUT2D eigenvalue weighted by atomic mass is 9.93. The molecular formula is C22H30N4O3. The average Bonchev–Trinajstić information content (AvgIpc) is 3.41. The molecule has 1 saturated carbocycles. The summed E-state index contributed by atoms with van der Waals surface area (Å²) < 4.78 is 0. The summed E-state index contributed by atoms with van der Waals surface area (Å²) in [6.07, 6.45) is 6.85. The minimum absolute atomic E-state index is 0.0384. The molecule has 1 aromatic rings. The van der Waals surface area contributed by atoms with Crippen molar-refractivity contribution in [2.24, 2.45) is 0 Å². The van der Waals surface area contributed by atoms with Gasteiger partial charge in [0.1, 0.15) is 0 Å². The first-order chi connectivity index (χ1) is 14.1. The third-order valence-corrected chi connectivity index (χ3v) is 6.34. The third-order valence-electron chi connectivity index (χ3n) is 6.34. The van der Waals surface area contributed by atoms with Crippen molar-refractivity contribution in [3.63, 3.8) is 0 Å². The zero-order valence-electron chi connectivity index (χ0n) is 16.9. The van der Waals surface area contributed by atoms with Gasteiger partial charge in [-0.3, -0.25) is 19.8 Å². The number of imide groups is 1. The van der Waals surface area contributed by atoms with Gasteiger partial charge in [-0.2, -0.15) is 0 Å². The van der Waals surface area contributed by atoms with Gasteiger partial charge in [-0.15, -0.1) is 0 Å². The highest BCUT2D eigenvalue weighted by molar-refractivity contribution is 5.95. The molecule has 2 aliphatic heterocycles. The Morgan fingerprint density at radius 2 is 1.66 bits per heavy atom. The quantitative estimate of drug-likeness (QED) is 0.810. The van der Waals surface area contributed by atoms with E-state index in [9.17, 15) is 14.4 Å². The van der Waals surface area contributed by atoms with Crippen LogP contribution in [-0.2, 0) is 22.6 Å². The number of nitrogens with zero attached hydrogens (tertiary/aromatic N) is 2. The Labute approximate surface area is 171 Å². The van der Waals surface area contributed by atoms with Crippen molar-refractivity contribution < 1.29 is 14.4 Å². The maximum absolute atomic E-state index is 13.1. The minimum Gasteiger partial charge on any atom is -0.341 e. The van der Waals surface area contributed by atoms with Crippen LogP contribution in [0.15, 0.2) is 24.3 Å². The molecule has 1 aliphatic carbocycles. The summed E-state index contributed by atoms with van der Waals surface area (Å²) >= 11 is 0. The molecule has 0 unspecified atom stereocenters. The lowest BCUT2D eigenvalue weighted by Crippen LogP contribution is -2.54. The number of fused-ring (bicyclic) bond motifs is 1. The molecule has 1 saturated heterocycles. The molecule has 7 heteroatoms. The van der Waals surface area contributed by atoms with Crippen molar-refractivity contribution in [3.8, 4) is 0 Å². The van der Waals surface area contributed by atoms with Crippen LogP contribution < -0.4 is 10.6 Å². The summed E-state index contributed by atoms with van der Waals surface area (Å²) in [5.74, 6) is -0.265. The fraction of sp³-hybridized carbons (Fsp3) is 0.591. The van der Waals surface area contributed by atoms with Crippen LogP contribution in [0.25, 0.3) is 0 Å². The van der Waals surface area contributed by atoms with E-state index in [4.69, 9.17) is 0 Å². The van der Waals surface area contributed by atoms with Crippen LogP contribution in [0.3, 0.4) is 0 Å². The normalized spacial score (nSPS) is 22.3. The van der Waals surface area contributed by atoms with E-state index in [1.165, 1.54) is 5.56 Å². The predicted octanol–water partition coefficient (Wildman–Crippen LogP) is 1.80. The average molecular weight is 399 g/mol. The predicted molar refractivity (Wildman–Crippen MR) is 109 cm³/mol. The Kier molecular flexibility index (Phi) is 6.13. The molecular weight excluding hydrogens is 368 g/mol. The third kappa shape index (κ3) is 4.78. The van der Waals surface area contributed by atoms with Gasteiger partial charge in [0.2, 0.25) is 11.8 Å². The van der Waals surface area contributed by atoms with Gasteiger partial charge in [-0.1, -0.05) is 37.1 Å². The van der Waals surface area contributed by atoms with Crippen LogP contribution in [0.5, 0.6) is 0 Å². The van der Waals surface area contributed by atoms with Gasteiger partial charge in [0, 0.05) is 25.7 Å². The summed E-state index contributed by atoms with van der Waals surface area (Å²) in [6, 6.07) is 7.46. The highest BCUT2D eigenvalue weighted by atomic mass is 16.2. The molecule has 3 aliphatic rings. The Morgan fingerprint density at radius 3 is 2.38 bits per heavy atom. The van der Waals surface area contributed by atoms with Crippen molar-refractivity contribution in [2.45, 2.75) is 63.6 Å². The number of nitrogens with one attached hydrogen (secondary N) is 2. The molecule has 156 valence electrons. The van der Waals surface area contributed by atoms with Crippen molar-refractivity contribution in [3.05, 3.63) is 35.4 Å². The molecule has 2 fully saturated rings. The van der Waals surface area contributed by atoms with Gasteiger partial charge < -0.3 is 10.2 Å². The van der Waals surface area contributed by atoms with E-state index < -0.39 is 6.03 Å². The second-order valence-corrected chi connectivity index (χ2v) is 8.43. The summed E-state index contributed by atoms with van der Waals surface area (Å²) in [5, 5.41) is 5.33. The number of hydrogen-bond donors (Lipinski definition) is 2. The first kappa shape index (κ1) is 19.9. The molecule has 0 spiro atoms. The largest absolute Gasteiger partial charge is 0.341 e. The SMILES string of the molecule is O=C(CN1Cc2ccccc2C[C@H]1C(=O)N1CCCC1)NC(=O)NC1CCCC1. The minimum atomic E-state index is -0.429. The van der Waals surface area contributed by atoms with Gasteiger partial charge in [0.25, 0.3) is 0 Å². The number of hydrogen-bond acceptors (Lipinski definition) is 4. The van der Waals surface area contributed by atoms with Crippen LogP contribution in [0.4, 0.5) is 4.79 Å². The molecule has 0 radical (unpaired) electrons. The first-order valence-corrected chi connectivity index (χ1v) is 10.8. The van der Waals surface area contributed by atoms with Crippen LogP contribution in [0.1, 0.15) is 49.7 Å². The maximum Gasteiger partial charge on any atom is 0.321 e. The fourth-order valence-electron chi connectivity index (χ4n) is 4.78. The molecule has 2 heterocycles. The Bertz CT molecular complexity index is 769. The van der Waals surface area contributed by atoms with Gasteiger partial charge in [-0.25, -0.2) is 4.79 Å². The van der Waals surface area contributed by atoms with Gasteiger partial charge in [0.15, 0.2) is 0 Å². The molecule has 0 bridgehead atoms. The maximum atomic E-state index is 13.1. The Balaban J connectivity index is 1.41. The number of carbonyl (C=O) groups excluding carboxylic acids is 3. The van der Waals surface area contributed by atoms with E-state index in [1.54, 1.807) is 0 Å². The lowest BCUT2D eigenvalue weighted by molar-refractivity contribution is -0.137. The number of rotatable bonds is 4. The second kappa shape index (κ2) is 8.95.